The predicted octanol–water partition coefficient (Wildman–Crippen LogP) is 4.43. The van der Waals surface area contributed by atoms with Gasteiger partial charge in [0.05, 0.1) is 28.9 Å². The van der Waals surface area contributed by atoms with Crippen molar-refractivity contribution in [2.24, 2.45) is 0 Å². The molecule has 0 N–H and O–H groups in total. The van der Waals surface area contributed by atoms with Crippen LogP contribution in [-0.4, -0.2) is 124 Å². The van der Waals surface area contributed by atoms with Crippen molar-refractivity contribution in [2.75, 3.05) is 20.3 Å². The molecule has 18 heteroatoms. The van der Waals surface area contributed by atoms with Gasteiger partial charge in [0.1, 0.15) is 18.8 Å². The van der Waals surface area contributed by atoms with Gasteiger partial charge < -0.3 is 52.1 Å². The van der Waals surface area contributed by atoms with Gasteiger partial charge in [-0.25, -0.2) is 19.2 Å². The van der Waals surface area contributed by atoms with E-state index in [-0.39, 0.29) is 22.3 Å². The molecule has 2 aliphatic heterocycles. The van der Waals surface area contributed by atoms with Gasteiger partial charge in [0.15, 0.2) is 49.2 Å². The summed E-state index contributed by atoms with van der Waals surface area (Å²) in [7, 11) is 1.23. The Morgan fingerprint density at radius 3 is 1.17 bits per heavy atom. The van der Waals surface area contributed by atoms with E-state index >= 15 is 0 Å². The Labute approximate surface area is 372 Å². The van der Waals surface area contributed by atoms with E-state index in [9.17, 15) is 33.6 Å². The third-order valence-corrected chi connectivity index (χ3v) is 9.89. The maximum absolute atomic E-state index is 14.0. The molecule has 2 fully saturated rings. The molecule has 0 aliphatic carbocycles. The second-order valence-electron chi connectivity index (χ2n) is 14.5. The molecule has 65 heavy (non-hydrogen) atoms. The lowest BCUT2D eigenvalue weighted by atomic mass is 9.97. The molecule has 18 nitrogen and oxygen atoms in total. The topological polar surface area (TPSA) is 221 Å². The van der Waals surface area contributed by atoms with Crippen molar-refractivity contribution in [2.45, 2.75) is 82.2 Å². The summed E-state index contributed by atoms with van der Waals surface area (Å²) in [5.74, 6) is -6.07. The lowest BCUT2D eigenvalue weighted by Gasteiger charge is -2.46. The van der Waals surface area contributed by atoms with Crippen molar-refractivity contribution in [3.05, 3.63) is 144 Å². The maximum atomic E-state index is 14.0. The molecule has 0 unspecified atom stereocenters. The van der Waals surface area contributed by atoms with Crippen LogP contribution in [0.4, 0.5) is 0 Å². The standard InChI is InChI=1S/C47H46O18/c1-27(48)58-36-35(61-46(55-4)40(60-29(3)50)38(36)59-28(2)49)26-57-47-41(65-45(54)33-23-15-8-16-24-33)39(64-44(53)32-21-13-7-14-22-32)37(63-43(52)31-19-11-6-12-20-31)34(62-47)25-56-42(51)30-17-9-5-10-18-30/h5-24,34-41,46-47H,25-26H2,1-4H3/t34-,35-,36-,37-,38+,39+,40-,41-,46+,47-/m1/s1. The predicted molar refractivity (Wildman–Crippen MR) is 221 cm³/mol. The number of benzene rings is 4. The van der Waals surface area contributed by atoms with Gasteiger partial charge in [0.2, 0.25) is 0 Å². The monoisotopic (exact) mass is 898 g/mol. The van der Waals surface area contributed by atoms with Crippen LogP contribution in [0.25, 0.3) is 0 Å². The highest BCUT2D eigenvalue weighted by atomic mass is 16.8. The number of carbonyl (C=O) groups excluding carboxylic acids is 7. The smallest absolute Gasteiger partial charge is 0.338 e. The molecule has 10 atom stereocenters. The molecule has 2 heterocycles. The van der Waals surface area contributed by atoms with Crippen molar-refractivity contribution in [3.8, 4) is 0 Å². The fourth-order valence-electron chi connectivity index (χ4n) is 7.03. The number of esters is 7. The SMILES string of the molecule is CO[C@H]1O[C@H](CO[C@@H]2O[C@H](COC(=O)c3ccccc3)[C@@H](OC(=O)c3ccccc3)[C@H](OC(=O)c3ccccc3)[C@H]2OC(=O)c2ccccc2)[C@@H](OC(C)=O)[C@H](OC(C)=O)[C@H]1OC(C)=O. The van der Waals surface area contributed by atoms with Gasteiger partial charge in [0, 0.05) is 27.9 Å². The van der Waals surface area contributed by atoms with Crippen LogP contribution in [0.15, 0.2) is 121 Å². The zero-order chi connectivity index (χ0) is 46.5. The molecule has 4 aromatic carbocycles. The lowest BCUT2D eigenvalue weighted by molar-refractivity contribution is -0.329. The molecule has 0 spiro atoms. The summed E-state index contributed by atoms with van der Waals surface area (Å²) in [4.78, 5) is 92.3. The maximum Gasteiger partial charge on any atom is 0.338 e. The lowest BCUT2D eigenvalue weighted by Crippen LogP contribution is -2.65. The number of hydrogen-bond acceptors (Lipinski definition) is 18. The average molecular weight is 899 g/mol. The highest BCUT2D eigenvalue weighted by Crippen LogP contribution is 2.34. The van der Waals surface area contributed by atoms with Gasteiger partial charge in [-0.1, -0.05) is 72.8 Å². The summed E-state index contributed by atoms with van der Waals surface area (Å²) < 4.78 is 64.8. The number of methoxy groups -OCH3 is 1. The number of carbonyl (C=O) groups is 7. The number of ether oxygens (including phenoxy) is 11. The first-order chi connectivity index (χ1) is 31.3. The summed E-state index contributed by atoms with van der Waals surface area (Å²) in [6.45, 7) is 1.99. The fraction of sp³-hybridized carbons (Fsp3) is 0.340. The van der Waals surface area contributed by atoms with E-state index in [1.165, 1.54) is 55.6 Å². The molecule has 2 saturated heterocycles. The van der Waals surface area contributed by atoms with Crippen molar-refractivity contribution in [1.29, 1.82) is 0 Å². The van der Waals surface area contributed by atoms with Crippen LogP contribution in [0.2, 0.25) is 0 Å². The molecule has 0 saturated carbocycles. The first kappa shape index (κ1) is 47.5. The molecule has 0 aromatic heterocycles. The minimum Gasteiger partial charge on any atom is -0.459 e. The van der Waals surface area contributed by atoms with E-state index < -0.39 is 116 Å². The van der Waals surface area contributed by atoms with Crippen molar-refractivity contribution >= 4 is 41.8 Å². The highest BCUT2D eigenvalue weighted by molar-refractivity contribution is 5.91. The Morgan fingerprint density at radius 1 is 0.400 bits per heavy atom. The van der Waals surface area contributed by atoms with Crippen molar-refractivity contribution in [3.63, 3.8) is 0 Å². The molecule has 0 bridgehead atoms. The largest absolute Gasteiger partial charge is 0.459 e. The molecule has 2 aliphatic rings. The first-order valence-corrected chi connectivity index (χ1v) is 20.3. The third-order valence-electron chi connectivity index (χ3n) is 9.89. The van der Waals surface area contributed by atoms with Gasteiger partial charge in [-0.15, -0.1) is 0 Å². The van der Waals surface area contributed by atoms with E-state index in [4.69, 9.17) is 52.1 Å². The minimum atomic E-state index is -1.79. The van der Waals surface area contributed by atoms with Gasteiger partial charge in [-0.05, 0) is 48.5 Å². The Kier molecular flexibility index (Phi) is 16.5. The van der Waals surface area contributed by atoms with Gasteiger partial charge in [0.25, 0.3) is 0 Å². The second kappa shape index (κ2) is 22.6. The van der Waals surface area contributed by atoms with Gasteiger partial charge in [-0.3, -0.25) is 14.4 Å². The quantitative estimate of drug-likeness (QED) is 0.112. The number of rotatable bonds is 16. The first-order valence-electron chi connectivity index (χ1n) is 20.3. The molecule has 0 radical (unpaired) electrons. The Bertz CT molecular complexity index is 2260. The molecule has 342 valence electrons. The Hall–Kier alpha value is -6.99. The van der Waals surface area contributed by atoms with Crippen LogP contribution in [0, 0.1) is 0 Å². The Morgan fingerprint density at radius 2 is 0.723 bits per heavy atom. The van der Waals surface area contributed by atoms with E-state index in [1.807, 2.05) is 0 Å². The summed E-state index contributed by atoms with van der Waals surface area (Å²) in [5.41, 5.74) is 0.382. The van der Waals surface area contributed by atoms with Crippen molar-refractivity contribution < 1.29 is 85.7 Å². The van der Waals surface area contributed by atoms with E-state index in [0.29, 0.717) is 0 Å². The normalized spacial score (nSPS) is 24.9. The summed E-state index contributed by atoms with van der Waals surface area (Å²) >= 11 is 0. The molecule has 6 rings (SSSR count). The van der Waals surface area contributed by atoms with E-state index in [2.05, 4.69) is 0 Å². The highest BCUT2D eigenvalue weighted by Gasteiger charge is 2.56. The van der Waals surface area contributed by atoms with Crippen LogP contribution >= 0.6 is 0 Å². The van der Waals surface area contributed by atoms with Crippen LogP contribution in [0.1, 0.15) is 62.2 Å². The second-order valence-corrected chi connectivity index (χ2v) is 14.5. The van der Waals surface area contributed by atoms with E-state index in [1.54, 1.807) is 72.8 Å². The number of hydrogen-bond donors (Lipinski definition) is 0. The van der Waals surface area contributed by atoms with E-state index in [0.717, 1.165) is 20.8 Å². The van der Waals surface area contributed by atoms with Crippen molar-refractivity contribution in [1.82, 2.24) is 0 Å². The van der Waals surface area contributed by atoms with Crippen LogP contribution < -0.4 is 0 Å². The zero-order valence-corrected chi connectivity index (χ0v) is 35.6. The molecule has 4 aromatic rings. The zero-order valence-electron chi connectivity index (χ0n) is 35.6. The third kappa shape index (κ3) is 12.6. The summed E-state index contributed by atoms with van der Waals surface area (Å²) in [6.07, 6.45) is -15.8. The molecule has 0 amide bonds. The van der Waals surface area contributed by atoms with Crippen LogP contribution in [0.3, 0.4) is 0 Å². The molecular weight excluding hydrogens is 852 g/mol. The average Bonchev–Trinajstić information content (AvgIpc) is 3.31. The summed E-state index contributed by atoms with van der Waals surface area (Å²) in [6, 6.07) is 31.3. The van der Waals surface area contributed by atoms with Gasteiger partial charge >= 0.3 is 41.8 Å². The van der Waals surface area contributed by atoms with Crippen LogP contribution in [0.5, 0.6) is 0 Å². The van der Waals surface area contributed by atoms with Gasteiger partial charge in [-0.2, -0.15) is 0 Å². The fourth-order valence-corrected chi connectivity index (χ4v) is 7.03. The minimum absolute atomic E-state index is 0.0605. The summed E-state index contributed by atoms with van der Waals surface area (Å²) in [5, 5.41) is 0. The molecular formula is C47H46O18. The Balaban J connectivity index is 1.43. The van der Waals surface area contributed by atoms with Crippen LogP contribution in [-0.2, 0) is 66.5 Å².